The molecule has 1 aliphatic heterocycles. The number of thiazole rings is 1. The van der Waals surface area contributed by atoms with Gasteiger partial charge in [0.25, 0.3) is 5.91 Å². The summed E-state index contributed by atoms with van der Waals surface area (Å²) >= 11 is 1.69. The van der Waals surface area contributed by atoms with Crippen LogP contribution in [0.25, 0.3) is 21.0 Å². The zero-order valence-corrected chi connectivity index (χ0v) is 18.8. The first-order chi connectivity index (χ1) is 15.1. The van der Waals surface area contributed by atoms with Crippen LogP contribution in [0.15, 0.2) is 48.5 Å². The lowest BCUT2D eigenvalue weighted by molar-refractivity contribution is -0.124. The maximum absolute atomic E-state index is 12.0. The molecule has 0 radical (unpaired) electrons. The Hall–Kier alpha value is -2.70. The molecule has 0 spiro atoms. The van der Waals surface area contributed by atoms with Gasteiger partial charge in [-0.25, -0.2) is 4.98 Å². The predicted octanol–water partition coefficient (Wildman–Crippen LogP) is 5.16. The van der Waals surface area contributed by atoms with E-state index in [0.29, 0.717) is 12.3 Å². The smallest absolute Gasteiger partial charge is 0.258 e. The van der Waals surface area contributed by atoms with Crippen molar-refractivity contribution in [3.05, 3.63) is 59.8 Å². The number of hydrogen-bond donors (Lipinski definition) is 1. The molecular weight excluding hydrogens is 408 g/mol. The van der Waals surface area contributed by atoms with Gasteiger partial charge in [-0.1, -0.05) is 29.8 Å². The molecule has 0 aliphatic carbocycles. The summed E-state index contributed by atoms with van der Waals surface area (Å²) in [5.74, 6) is 0.538. The van der Waals surface area contributed by atoms with Gasteiger partial charge in [-0.05, 0) is 62.9 Å². The van der Waals surface area contributed by atoms with Crippen LogP contribution in [0.5, 0.6) is 5.75 Å². The molecule has 3 aromatic rings. The quantitative estimate of drug-likeness (QED) is 0.556. The van der Waals surface area contributed by atoms with E-state index in [1.165, 1.54) is 16.0 Å². The molecule has 162 valence electrons. The highest BCUT2D eigenvalue weighted by atomic mass is 32.1. The largest absolute Gasteiger partial charge is 0.484 e. The van der Waals surface area contributed by atoms with E-state index >= 15 is 0 Å². The molecule has 31 heavy (non-hydrogen) atoms. The number of aryl methyl sites for hydroxylation is 2. The third-order valence-electron chi connectivity index (χ3n) is 5.38. The number of hydrogen-bond acceptors (Lipinski definition) is 5. The first kappa shape index (κ1) is 21.5. The van der Waals surface area contributed by atoms with Crippen molar-refractivity contribution in [3.8, 4) is 26.8 Å². The lowest BCUT2D eigenvalue weighted by Crippen LogP contribution is -2.37. The summed E-state index contributed by atoms with van der Waals surface area (Å²) in [7, 11) is 0. The average molecular weight is 437 g/mol. The minimum absolute atomic E-state index is 0.00000113. The van der Waals surface area contributed by atoms with E-state index in [4.69, 9.17) is 14.5 Å². The molecule has 1 aromatic heterocycles. The zero-order valence-electron chi connectivity index (χ0n) is 18.0. The molecule has 1 saturated heterocycles. The van der Waals surface area contributed by atoms with Crippen molar-refractivity contribution in [3.63, 3.8) is 0 Å². The SMILES string of the molecule is Cc1ccc(-c2sc(-c3ccc(OCC(=O)NCC4CCCCO4)cc3)nc2C)cc1. The molecule has 2 heterocycles. The Bertz CT molecular complexity index is 1010. The van der Waals surface area contributed by atoms with E-state index in [2.05, 4.69) is 36.5 Å². The van der Waals surface area contributed by atoms with E-state index in [9.17, 15) is 4.79 Å². The van der Waals surface area contributed by atoms with Crippen molar-refractivity contribution in [1.29, 1.82) is 0 Å². The van der Waals surface area contributed by atoms with Crippen molar-refractivity contribution in [1.82, 2.24) is 10.3 Å². The van der Waals surface area contributed by atoms with Crippen LogP contribution in [0.3, 0.4) is 0 Å². The van der Waals surface area contributed by atoms with Gasteiger partial charge in [0, 0.05) is 18.7 Å². The van der Waals surface area contributed by atoms with Crippen molar-refractivity contribution in [2.75, 3.05) is 19.8 Å². The highest BCUT2D eigenvalue weighted by molar-refractivity contribution is 7.18. The Morgan fingerprint density at radius 1 is 1.10 bits per heavy atom. The highest BCUT2D eigenvalue weighted by Gasteiger charge is 2.15. The zero-order chi connectivity index (χ0) is 21.6. The van der Waals surface area contributed by atoms with Gasteiger partial charge < -0.3 is 14.8 Å². The molecule has 1 N–H and O–H groups in total. The van der Waals surface area contributed by atoms with Crippen LogP contribution in [0.1, 0.15) is 30.5 Å². The number of ether oxygens (including phenoxy) is 2. The van der Waals surface area contributed by atoms with E-state index in [1.807, 2.05) is 31.2 Å². The first-order valence-corrected chi connectivity index (χ1v) is 11.6. The van der Waals surface area contributed by atoms with Crippen LogP contribution in [-0.4, -0.2) is 36.8 Å². The molecule has 1 fully saturated rings. The maximum Gasteiger partial charge on any atom is 0.258 e. The van der Waals surface area contributed by atoms with E-state index in [1.54, 1.807) is 11.3 Å². The number of nitrogens with zero attached hydrogens (tertiary/aromatic N) is 1. The fraction of sp³-hybridized carbons (Fsp3) is 0.360. The van der Waals surface area contributed by atoms with Crippen LogP contribution >= 0.6 is 11.3 Å². The third kappa shape index (κ3) is 5.71. The van der Waals surface area contributed by atoms with Gasteiger partial charge >= 0.3 is 0 Å². The van der Waals surface area contributed by atoms with Crippen LogP contribution in [0.2, 0.25) is 0 Å². The van der Waals surface area contributed by atoms with Crippen LogP contribution in [-0.2, 0) is 9.53 Å². The summed E-state index contributed by atoms with van der Waals surface area (Å²) in [6.07, 6.45) is 3.40. The van der Waals surface area contributed by atoms with Crippen molar-refractivity contribution >= 4 is 17.2 Å². The average Bonchev–Trinajstić information content (AvgIpc) is 3.19. The lowest BCUT2D eigenvalue weighted by Gasteiger charge is -2.22. The first-order valence-electron chi connectivity index (χ1n) is 10.7. The Kier molecular flexibility index (Phi) is 6.99. The standard InChI is InChI=1S/C25H28N2O3S/c1-17-6-8-19(9-7-17)24-18(2)27-25(31-24)20-10-12-21(13-11-20)30-16-23(28)26-15-22-5-3-4-14-29-22/h6-13,22H,3-5,14-16H2,1-2H3,(H,26,28). The molecule has 0 saturated carbocycles. The number of carbonyl (C=O) groups is 1. The summed E-state index contributed by atoms with van der Waals surface area (Å²) < 4.78 is 11.3. The molecule has 1 unspecified atom stereocenters. The summed E-state index contributed by atoms with van der Waals surface area (Å²) in [6.45, 7) is 5.47. The van der Waals surface area contributed by atoms with Gasteiger partial charge in [0.1, 0.15) is 10.8 Å². The lowest BCUT2D eigenvalue weighted by atomic mass is 10.1. The van der Waals surface area contributed by atoms with Gasteiger partial charge in [0.05, 0.1) is 16.7 Å². The molecule has 1 amide bonds. The molecule has 1 aliphatic rings. The second-order valence-electron chi connectivity index (χ2n) is 7.91. The third-order valence-corrected chi connectivity index (χ3v) is 6.64. The molecule has 4 rings (SSSR count). The summed E-state index contributed by atoms with van der Waals surface area (Å²) in [5.41, 5.74) is 4.51. The molecule has 2 aromatic carbocycles. The van der Waals surface area contributed by atoms with E-state index < -0.39 is 0 Å². The van der Waals surface area contributed by atoms with Crippen LogP contribution in [0.4, 0.5) is 0 Å². The second kappa shape index (κ2) is 10.1. The molecular formula is C25H28N2O3S. The van der Waals surface area contributed by atoms with E-state index in [0.717, 1.165) is 42.1 Å². The number of amides is 1. The summed E-state index contributed by atoms with van der Waals surface area (Å²) in [4.78, 5) is 18.0. The van der Waals surface area contributed by atoms with Gasteiger partial charge in [-0.15, -0.1) is 11.3 Å². The summed E-state index contributed by atoms with van der Waals surface area (Å²) in [6, 6.07) is 16.3. The fourth-order valence-corrected chi connectivity index (χ4v) is 4.66. The molecule has 6 heteroatoms. The van der Waals surface area contributed by atoms with Gasteiger partial charge in [0.15, 0.2) is 6.61 Å². The molecule has 5 nitrogen and oxygen atoms in total. The van der Waals surface area contributed by atoms with Crippen molar-refractivity contribution in [2.45, 2.75) is 39.2 Å². The number of rotatable bonds is 7. The number of benzene rings is 2. The van der Waals surface area contributed by atoms with E-state index in [-0.39, 0.29) is 18.6 Å². The number of carbonyl (C=O) groups excluding carboxylic acids is 1. The molecule has 1 atom stereocenters. The Morgan fingerprint density at radius 3 is 2.55 bits per heavy atom. The Labute approximate surface area is 187 Å². The van der Waals surface area contributed by atoms with Crippen LogP contribution in [0, 0.1) is 13.8 Å². The number of aromatic nitrogens is 1. The Morgan fingerprint density at radius 2 is 1.84 bits per heavy atom. The Balaban J connectivity index is 1.32. The van der Waals surface area contributed by atoms with Crippen LogP contribution < -0.4 is 10.1 Å². The summed E-state index contributed by atoms with van der Waals surface area (Å²) in [5, 5.41) is 3.87. The van der Waals surface area contributed by atoms with Gasteiger partial charge in [-0.2, -0.15) is 0 Å². The normalized spacial score (nSPS) is 16.1. The second-order valence-corrected chi connectivity index (χ2v) is 8.90. The van der Waals surface area contributed by atoms with Crippen molar-refractivity contribution < 1.29 is 14.3 Å². The number of nitrogens with one attached hydrogen (secondary N) is 1. The fourth-order valence-electron chi connectivity index (χ4n) is 3.58. The van der Waals surface area contributed by atoms with Gasteiger partial charge in [0.2, 0.25) is 0 Å². The maximum atomic E-state index is 12.0. The topological polar surface area (TPSA) is 60.5 Å². The minimum atomic E-state index is -0.128. The van der Waals surface area contributed by atoms with Gasteiger partial charge in [-0.3, -0.25) is 4.79 Å². The predicted molar refractivity (Wildman–Crippen MR) is 125 cm³/mol. The molecule has 0 bridgehead atoms. The monoisotopic (exact) mass is 436 g/mol. The highest BCUT2D eigenvalue weighted by Crippen LogP contribution is 2.35. The minimum Gasteiger partial charge on any atom is -0.484 e. The van der Waals surface area contributed by atoms with Crippen molar-refractivity contribution in [2.24, 2.45) is 0 Å².